The fourth-order valence-electron chi connectivity index (χ4n) is 1.84. The van der Waals surface area contributed by atoms with Crippen molar-refractivity contribution in [2.75, 3.05) is 0 Å². The molecule has 0 spiro atoms. The van der Waals surface area contributed by atoms with Gasteiger partial charge in [-0.3, -0.25) is 0 Å². The first-order valence-electron chi connectivity index (χ1n) is 7.03. The van der Waals surface area contributed by atoms with Crippen LogP contribution < -0.4 is 39.0 Å². The predicted octanol–water partition coefficient (Wildman–Crippen LogP) is 0.939. The first kappa shape index (κ1) is 26.5. The van der Waals surface area contributed by atoms with Gasteiger partial charge in [0.05, 0.1) is 0 Å². The Morgan fingerprint density at radius 1 is 0.600 bits per heavy atom. The van der Waals surface area contributed by atoms with Crippen molar-refractivity contribution in [3.63, 3.8) is 0 Å². The molecule has 2 aromatic rings. The van der Waals surface area contributed by atoms with Crippen LogP contribution >= 0.6 is 0 Å². The fraction of sp³-hybridized carbons (Fsp3) is 0.143. The second kappa shape index (κ2) is 9.32. The van der Waals surface area contributed by atoms with Gasteiger partial charge in [0, 0.05) is 9.79 Å². The third kappa shape index (κ3) is 7.96. The Hall–Kier alpha value is -1.52. The summed E-state index contributed by atoms with van der Waals surface area (Å²) in [5.41, 5.74) is 0. The molecule has 0 aliphatic carbocycles. The zero-order valence-electron chi connectivity index (χ0n) is 14.6. The minimum absolute atomic E-state index is 0. The normalized spacial score (nSPS) is 12.7. The third-order valence-electron chi connectivity index (χ3n) is 2.91. The van der Waals surface area contributed by atoms with E-state index < -0.39 is 54.1 Å². The van der Waals surface area contributed by atoms with E-state index in [0.717, 1.165) is 0 Å². The largest absolute Gasteiger partial charge is 1.00 e. The summed E-state index contributed by atoms with van der Waals surface area (Å²) >= 11 is 0. The van der Waals surface area contributed by atoms with Gasteiger partial charge in [0.25, 0.3) is 0 Å². The minimum atomic E-state index is -5.02. The van der Waals surface area contributed by atoms with Gasteiger partial charge in [0.2, 0.25) is 0 Å². The van der Waals surface area contributed by atoms with Crippen molar-refractivity contribution in [1.29, 1.82) is 0 Å². The van der Waals surface area contributed by atoms with Crippen molar-refractivity contribution in [2.45, 2.75) is 22.5 Å². The van der Waals surface area contributed by atoms with Crippen molar-refractivity contribution in [2.24, 2.45) is 0 Å². The molecule has 16 heteroatoms. The summed E-state index contributed by atoms with van der Waals surface area (Å²) in [5, 5.41) is 0. The van der Waals surface area contributed by atoms with E-state index in [4.69, 9.17) is 0 Å². The average molecular weight is 487 g/mol. The summed E-state index contributed by atoms with van der Waals surface area (Å²) in [6.07, 6.45) is -10.0. The summed E-state index contributed by atoms with van der Waals surface area (Å²) in [7, 11) is -9.75. The number of benzene rings is 2. The quantitative estimate of drug-likeness (QED) is 0.444. The Morgan fingerprint density at radius 3 is 1.10 bits per heavy atom. The molecule has 0 fully saturated rings. The van der Waals surface area contributed by atoms with Crippen LogP contribution in [0, 0.1) is 0 Å². The first-order valence-corrected chi connectivity index (χ1v) is 9.91. The van der Waals surface area contributed by atoms with Gasteiger partial charge in [-0.2, -0.15) is 0 Å². The molecular weight excluding hydrogens is 479 g/mol. The summed E-state index contributed by atoms with van der Waals surface area (Å²) in [4.78, 5) is -1.51. The van der Waals surface area contributed by atoms with Crippen molar-refractivity contribution in [3.8, 4) is 11.5 Å². The maximum Gasteiger partial charge on any atom is 1.00 e. The van der Waals surface area contributed by atoms with Crippen LogP contribution in [0.4, 0.5) is 26.3 Å². The van der Waals surface area contributed by atoms with E-state index in [0.29, 0.717) is 48.5 Å². The molecule has 0 heterocycles. The van der Waals surface area contributed by atoms with Crippen LogP contribution in [0.25, 0.3) is 4.13 Å². The second-order valence-electron chi connectivity index (χ2n) is 5.06. The van der Waals surface area contributed by atoms with Crippen LogP contribution in [-0.2, 0) is 20.0 Å². The molecule has 0 saturated heterocycles. The van der Waals surface area contributed by atoms with Crippen LogP contribution in [0.5, 0.6) is 11.5 Å². The van der Waals surface area contributed by atoms with Crippen LogP contribution in [0.1, 0.15) is 0 Å². The fourth-order valence-corrected chi connectivity index (χ4v) is 4.52. The van der Waals surface area contributed by atoms with E-state index in [1.54, 1.807) is 0 Å². The summed E-state index contributed by atoms with van der Waals surface area (Å²) in [5.74, 6) is -1.50. The minimum Gasteiger partial charge on any atom is -0.428 e. The molecule has 0 aliphatic heterocycles. The van der Waals surface area contributed by atoms with Crippen molar-refractivity contribution in [1.82, 2.24) is 0 Å². The molecule has 30 heavy (non-hydrogen) atoms. The van der Waals surface area contributed by atoms with E-state index in [2.05, 4.69) is 13.6 Å². The molecule has 7 nitrogen and oxygen atoms in total. The number of ether oxygens (including phenoxy) is 2. The van der Waals surface area contributed by atoms with Gasteiger partial charge in [-0.25, -0.2) is 16.8 Å². The molecule has 0 amide bonds. The maximum absolute atomic E-state index is 12.1. The summed E-state index contributed by atoms with van der Waals surface area (Å²) in [6.45, 7) is 0. The predicted molar refractivity (Wildman–Crippen MR) is 84.0 cm³/mol. The topological polar surface area (TPSA) is 101 Å². The van der Waals surface area contributed by atoms with Gasteiger partial charge in [-0.05, 0) is 48.5 Å². The van der Waals surface area contributed by atoms with Gasteiger partial charge >= 0.3 is 42.3 Å². The maximum atomic E-state index is 12.1. The van der Waals surface area contributed by atoms with E-state index >= 15 is 0 Å². The molecule has 0 bridgehead atoms. The van der Waals surface area contributed by atoms with Gasteiger partial charge < -0.3 is 13.6 Å². The summed E-state index contributed by atoms with van der Waals surface area (Å²) in [6, 6.07) is 5.06. The number of rotatable bonds is 6. The number of nitrogens with zero attached hydrogens (tertiary/aromatic N) is 1. The molecule has 0 unspecified atom stereocenters. The standard InChI is InChI=1S/C14H8F6NO6S2.Na/c15-13(16,17)26-9-1-5-11(6-2-9)28(22,23)21-29(24,25)12-7-3-10(4-8-12)27-14(18,19)20;/h1-8H;/q-1;+1. The first-order chi connectivity index (χ1) is 13.1. The smallest absolute Gasteiger partial charge is 0.428 e. The molecular formula is C14H8F6NNaO6S2. The van der Waals surface area contributed by atoms with Gasteiger partial charge in [0.1, 0.15) is 31.5 Å². The van der Waals surface area contributed by atoms with Crippen molar-refractivity contribution in [3.05, 3.63) is 52.7 Å². The van der Waals surface area contributed by atoms with E-state index in [-0.39, 0.29) is 29.6 Å². The van der Waals surface area contributed by atoms with Crippen LogP contribution in [-0.4, -0.2) is 29.6 Å². The van der Waals surface area contributed by atoms with Crippen molar-refractivity contribution < 1.29 is 82.2 Å². The monoisotopic (exact) mass is 487 g/mol. The number of sulfonamides is 2. The zero-order chi connectivity index (χ0) is 22.1. The molecule has 0 saturated carbocycles. The Labute approximate surface area is 188 Å². The molecule has 0 aliphatic rings. The Morgan fingerprint density at radius 2 is 0.867 bits per heavy atom. The van der Waals surface area contributed by atoms with E-state index in [1.165, 1.54) is 0 Å². The van der Waals surface area contributed by atoms with Gasteiger partial charge in [-0.1, -0.05) is 0 Å². The Kier molecular flexibility index (Phi) is 8.23. The number of alkyl halides is 6. The van der Waals surface area contributed by atoms with E-state index in [9.17, 15) is 43.2 Å². The van der Waals surface area contributed by atoms with E-state index in [1.807, 2.05) is 0 Å². The molecule has 160 valence electrons. The van der Waals surface area contributed by atoms with Gasteiger partial charge in [0.15, 0.2) is 0 Å². The molecule has 0 radical (unpaired) electrons. The molecule has 0 aromatic heterocycles. The second-order valence-corrected chi connectivity index (χ2v) is 8.50. The molecule has 2 aromatic carbocycles. The number of halogens is 6. The Balaban J connectivity index is 0.00000450. The van der Waals surface area contributed by atoms with Crippen LogP contribution in [0.2, 0.25) is 0 Å². The van der Waals surface area contributed by atoms with Gasteiger partial charge in [-0.15, -0.1) is 26.3 Å². The van der Waals surface area contributed by atoms with Crippen molar-refractivity contribution >= 4 is 20.0 Å². The average Bonchev–Trinajstić information content (AvgIpc) is 2.52. The number of hydrogen-bond donors (Lipinski definition) is 0. The number of hydrogen-bond acceptors (Lipinski definition) is 6. The zero-order valence-corrected chi connectivity index (χ0v) is 18.2. The van der Waals surface area contributed by atoms with Crippen LogP contribution in [0.15, 0.2) is 58.3 Å². The Bertz CT molecular complexity index is 980. The summed E-state index contributed by atoms with van der Waals surface area (Å²) < 4.78 is 131. The molecule has 0 atom stereocenters. The SMILES string of the molecule is O=S(=O)([N-]S(=O)(=O)c1ccc(OC(F)(F)F)cc1)c1ccc(OC(F)(F)F)cc1.[Na+]. The molecule has 0 N–H and O–H groups in total. The molecule has 2 rings (SSSR count). The van der Waals surface area contributed by atoms with Crippen LogP contribution in [0.3, 0.4) is 0 Å². The third-order valence-corrected chi connectivity index (χ3v) is 6.21.